The van der Waals surface area contributed by atoms with Gasteiger partial charge in [0.2, 0.25) is 0 Å². The molecule has 0 amide bonds. The first-order valence-electron chi connectivity index (χ1n) is 5.37. The zero-order chi connectivity index (χ0) is 12.3. The summed E-state index contributed by atoms with van der Waals surface area (Å²) in [6.45, 7) is 5.34. The van der Waals surface area contributed by atoms with Crippen LogP contribution in [0.15, 0.2) is 0 Å². The van der Waals surface area contributed by atoms with Gasteiger partial charge in [-0.2, -0.15) is 0 Å². The monoisotopic (exact) mass is 228 g/mol. The fraction of sp³-hybridized carbons (Fsp3) is 0.727. The van der Waals surface area contributed by atoms with Gasteiger partial charge in [0.15, 0.2) is 5.41 Å². The molecule has 1 aliphatic carbocycles. The Balaban J connectivity index is 2.92. The molecule has 0 saturated heterocycles. The summed E-state index contributed by atoms with van der Waals surface area (Å²) in [5.41, 5.74) is -1.40. The van der Waals surface area contributed by atoms with Gasteiger partial charge in [-0.25, -0.2) is 0 Å². The summed E-state index contributed by atoms with van der Waals surface area (Å²) in [5.74, 6) is -2.27. The van der Waals surface area contributed by atoms with Crippen molar-refractivity contribution in [3.05, 3.63) is 0 Å². The summed E-state index contributed by atoms with van der Waals surface area (Å²) < 4.78 is 9.68. The van der Waals surface area contributed by atoms with Crippen molar-refractivity contribution in [1.29, 1.82) is 0 Å². The lowest BCUT2D eigenvalue weighted by atomic mass is 10.0. The predicted molar refractivity (Wildman–Crippen MR) is 54.4 cm³/mol. The minimum Gasteiger partial charge on any atom is -0.465 e. The molecule has 90 valence electrons. The fourth-order valence-electron chi connectivity index (χ4n) is 2.05. The number of aldehydes is 1. The van der Waals surface area contributed by atoms with Crippen LogP contribution in [-0.2, 0) is 23.9 Å². The number of hydrogen-bond donors (Lipinski definition) is 0. The van der Waals surface area contributed by atoms with Crippen molar-refractivity contribution in [1.82, 2.24) is 0 Å². The van der Waals surface area contributed by atoms with E-state index in [1.807, 2.05) is 0 Å². The van der Waals surface area contributed by atoms with Crippen molar-refractivity contribution in [2.24, 2.45) is 17.3 Å². The normalized spacial score (nSPS) is 25.7. The number of rotatable bonds is 5. The molecular weight excluding hydrogens is 212 g/mol. The van der Waals surface area contributed by atoms with Crippen LogP contribution in [0.3, 0.4) is 0 Å². The van der Waals surface area contributed by atoms with Crippen molar-refractivity contribution in [3.63, 3.8) is 0 Å². The number of ether oxygens (including phenoxy) is 2. The van der Waals surface area contributed by atoms with E-state index in [2.05, 4.69) is 0 Å². The lowest BCUT2D eigenvalue weighted by molar-refractivity contribution is -0.166. The maximum Gasteiger partial charge on any atom is 0.324 e. The summed E-state index contributed by atoms with van der Waals surface area (Å²) in [4.78, 5) is 34.3. The van der Waals surface area contributed by atoms with Gasteiger partial charge in [0.1, 0.15) is 6.29 Å². The number of esters is 2. The molecule has 0 heterocycles. The number of carbonyl (C=O) groups excluding carboxylic acids is 3. The maximum atomic E-state index is 11.7. The highest BCUT2D eigenvalue weighted by atomic mass is 16.6. The summed E-state index contributed by atoms with van der Waals surface area (Å²) >= 11 is 0. The molecule has 0 aromatic carbocycles. The van der Waals surface area contributed by atoms with Gasteiger partial charge in [-0.15, -0.1) is 0 Å². The molecule has 1 fully saturated rings. The maximum absolute atomic E-state index is 11.7. The van der Waals surface area contributed by atoms with Crippen LogP contribution in [0.4, 0.5) is 0 Å². The Labute approximate surface area is 94.1 Å². The molecule has 0 radical (unpaired) electrons. The highest BCUT2D eigenvalue weighted by Gasteiger charge is 2.74. The van der Waals surface area contributed by atoms with Crippen LogP contribution in [0.25, 0.3) is 0 Å². The molecule has 0 aromatic heterocycles. The van der Waals surface area contributed by atoms with Gasteiger partial charge < -0.3 is 14.3 Å². The van der Waals surface area contributed by atoms with Gasteiger partial charge in [0.05, 0.1) is 13.2 Å². The van der Waals surface area contributed by atoms with Crippen molar-refractivity contribution >= 4 is 18.2 Å². The van der Waals surface area contributed by atoms with E-state index >= 15 is 0 Å². The van der Waals surface area contributed by atoms with Crippen molar-refractivity contribution < 1.29 is 23.9 Å². The second kappa shape index (κ2) is 4.63. The second-order valence-corrected chi connectivity index (χ2v) is 3.76. The zero-order valence-electron chi connectivity index (χ0n) is 9.69. The van der Waals surface area contributed by atoms with Gasteiger partial charge in [-0.05, 0) is 19.8 Å². The van der Waals surface area contributed by atoms with E-state index in [-0.39, 0.29) is 19.1 Å². The third kappa shape index (κ3) is 1.60. The van der Waals surface area contributed by atoms with Crippen LogP contribution in [0.2, 0.25) is 0 Å². The summed E-state index contributed by atoms with van der Waals surface area (Å²) in [6, 6.07) is 0. The van der Waals surface area contributed by atoms with Gasteiger partial charge in [-0.1, -0.05) is 6.92 Å². The number of hydrogen-bond acceptors (Lipinski definition) is 5. The standard InChI is InChI=1S/C11H16O5/c1-4-15-9(13)11(10(14)16-5-2)7(3)8(11)6-12/h6-8H,4-5H2,1-3H3. The molecule has 16 heavy (non-hydrogen) atoms. The predicted octanol–water partition coefficient (Wildman–Crippen LogP) is 0.564. The van der Waals surface area contributed by atoms with Crippen LogP contribution in [0.1, 0.15) is 20.8 Å². The van der Waals surface area contributed by atoms with Crippen LogP contribution in [-0.4, -0.2) is 31.4 Å². The molecule has 0 aliphatic heterocycles. The molecule has 2 unspecified atom stereocenters. The van der Waals surface area contributed by atoms with Gasteiger partial charge >= 0.3 is 11.9 Å². The second-order valence-electron chi connectivity index (χ2n) is 3.76. The molecule has 5 heteroatoms. The Kier molecular flexibility index (Phi) is 3.67. The van der Waals surface area contributed by atoms with E-state index in [9.17, 15) is 14.4 Å². The average Bonchev–Trinajstić information content (AvgIpc) is 2.85. The lowest BCUT2D eigenvalue weighted by Gasteiger charge is -2.13. The molecule has 2 atom stereocenters. The van der Waals surface area contributed by atoms with Crippen molar-refractivity contribution in [3.8, 4) is 0 Å². The molecule has 1 rings (SSSR count). The Morgan fingerprint density at radius 2 is 1.62 bits per heavy atom. The SMILES string of the molecule is CCOC(=O)C1(C(=O)OCC)C(C)C1C=O. The van der Waals surface area contributed by atoms with Crippen molar-refractivity contribution in [2.45, 2.75) is 20.8 Å². The third-order valence-corrected chi connectivity index (χ3v) is 3.05. The fourth-order valence-corrected chi connectivity index (χ4v) is 2.05. The van der Waals surface area contributed by atoms with Gasteiger partial charge in [0, 0.05) is 5.92 Å². The van der Waals surface area contributed by atoms with Crippen LogP contribution in [0.5, 0.6) is 0 Å². The Hall–Kier alpha value is -1.39. The topological polar surface area (TPSA) is 69.7 Å². The molecule has 1 saturated carbocycles. The van der Waals surface area contributed by atoms with Crippen LogP contribution < -0.4 is 0 Å². The van der Waals surface area contributed by atoms with Crippen molar-refractivity contribution in [2.75, 3.05) is 13.2 Å². The molecule has 5 nitrogen and oxygen atoms in total. The Morgan fingerprint density at radius 3 is 1.88 bits per heavy atom. The smallest absolute Gasteiger partial charge is 0.324 e. The molecular formula is C11H16O5. The third-order valence-electron chi connectivity index (χ3n) is 3.05. The summed E-state index contributed by atoms with van der Waals surface area (Å²) in [5, 5.41) is 0. The average molecular weight is 228 g/mol. The lowest BCUT2D eigenvalue weighted by Crippen LogP contribution is -2.33. The van der Waals surface area contributed by atoms with E-state index < -0.39 is 23.3 Å². The molecule has 0 spiro atoms. The molecule has 0 N–H and O–H groups in total. The quantitative estimate of drug-likeness (QED) is 0.391. The van der Waals surface area contributed by atoms with E-state index in [0.717, 1.165) is 0 Å². The summed E-state index contributed by atoms with van der Waals surface area (Å²) in [7, 11) is 0. The number of carbonyl (C=O) groups is 3. The van der Waals surface area contributed by atoms with E-state index in [1.165, 1.54) is 0 Å². The molecule has 0 aromatic rings. The van der Waals surface area contributed by atoms with E-state index in [1.54, 1.807) is 20.8 Å². The highest BCUT2D eigenvalue weighted by Crippen LogP contribution is 2.59. The minimum atomic E-state index is -1.40. The van der Waals surface area contributed by atoms with E-state index in [4.69, 9.17) is 9.47 Å². The molecule has 1 aliphatic rings. The minimum absolute atomic E-state index is 0.179. The van der Waals surface area contributed by atoms with E-state index in [0.29, 0.717) is 6.29 Å². The first-order valence-corrected chi connectivity index (χ1v) is 5.37. The first-order chi connectivity index (χ1) is 7.57. The van der Waals surface area contributed by atoms with Gasteiger partial charge in [0.25, 0.3) is 0 Å². The van der Waals surface area contributed by atoms with Crippen LogP contribution in [0, 0.1) is 17.3 Å². The summed E-state index contributed by atoms with van der Waals surface area (Å²) in [6.07, 6.45) is 0.624. The first kappa shape index (κ1) is 12.7. The zero-order valence-corrected chi connectivity index (χ0v) is 9.69. The highest BCUT2D eigenvalue weighted by molar-refractivity contribution is 6.07. The van der Waals surface area contributed by atoms with Crippen LogP contribution >= 0.6 is 0 Å². The largest absolute Gasteiger partial charge is 0.465 e. The van der Waals surface area contributed by atoms with Gasteiger partial charge in [-0.3, -0.25) is 9.59 Å². The molecule has 0 bridgehead atoms. The Bertz CT molecular complexity index is 291. The Morgan fingerprint density at radius 1 is 1.19 bits per heavy atom.